The number of hydrogen-bond donors (Lipinski definition) is 0. The van der Waals surface area contributed by atoms with Gasteiger partial charge in [0.25, 0.3) is 5.69 Å². The molecule has 2 aromatic carbocycles. The Morgan fingerprint density at radius 3 is 3.00 bits per heavy atom. The van der Waals surface area contributed by atoms with E-state index in [0.717, 1.165) is 12.8 Å². The number of hydrogen-bond acceptors (Lipinski definition) is 6. The molecule has 0 saturated carbocycles. The lowest BCUT2D eigenvalue weighted by Gasteiger charge is -2.24. The van der Waals surface area contributed by atoms with Gasteiger partial charge in [-0.2, -0.15) is 4.98 Å². The molecule has 0 spiro atoms. The second-order valence-electron chi connectivity index (χ2n) is 6.21. The Hall–Kier alpha value is -2.67. The number of aryl methyl sites for hydroxylation is 1. The van der Waals surface area contributed by atoms with Crippen molar-refractivity contribution in [1.29, 1.82) is 0 Å². The number of nitro groups is 1. The molecule has 4 rings (SSSR count). The van der Waals surface area contributed by atoms with Crippen molar-refractivity contribution >= 4 is 17.4 Å². The first kappa shape index (κ1) is 16.8. The van der Waals surface area contributed by atoms with Gasteiger partial charge >= 0.3 is 0 Å². The van der Waals surface area contributed by atoms with Gasteiger partial charge in [-0.1, -0.05) is 41.6 Å². The number of nitro benzene ring substituents is 1. The fourth-order valence-corrected chi connectivity index (χ4v) is 4.45. The minimum Gasteiger partial charge on any atom is -0.338 e. The summed E-state index contributed by atoms with van der Waals surface area (Å²) in [6.45, 7) is 0. The minimum absolute atomic E-state index is 0.0158. The van der Waals surface area contributed by atoms with Crippen LogP contribution in [0.5, 0.6) is 0 Å². The molecular formula is C19H17N3O3S. The van der Waals surface area contributed by atoms with Crippen LogP contribution in [-0.2, 0) is 12.2 Å². The zero-order chi connectivity index (χ0) is 17.9. The maximum Gasteiger partial charge on any atom is 0.270 e. The Labute approximate surface area is 154 Å². The standard InChI is InChI=1S/C19H17N3O3S/c23-22(24)15-8-3-7-14(11-15)19-20-18(25-21-19)12-26-17-10-4-6-13-5-1-2-9-16(13)17/h1-3,5,7-9,11,17H,4,6,10,12H2. The van der Waals surface area contributed by atoms with E-state index in [-0.39, 0.29) is 5.69 Å². The molecule has 1 aliphatic rings. The summed E-state index contributed by atoms with van der Waals surface area (Å²) in [4.78, 5) is 14.9. The van der Waals surface area contributed by atoms with Crippen molar-refractivity contribution in [3.63, 3.8) is 0 Å². The lowest BCUT2D eigenvalue weighted by atomic mass is 9.91. The van der Waals surface area contributed by atoms with E-state index in [1.54, 1.807) is 23.9 Å². The van der Waals surface area contributed by atoms with Crippen LogP contribution in [0.1, 0.15) is 35.1 Å². The maximum absolute atomic E-state index is 10.9. The van der Waals surface area contributed by atoms with Crippen LogP contribution in [0, 0.1) is 10.1 Å². The van der Waals surface area contributed by atoms with Crippen molar-refractivity contribution < 1.29 is 9.45 Å². The Kier molecular flexibility index (Phi) is 4.71. The second-order valence-corrected chi connectivity index (χ2v) is 7.40. The Balaban J connectivity index is 1.47. The molecule has 0 aliphatic heterocycles. The first-order chi connectivity index (χ1) is 12.7. The van der Waals surface area contributed by atoms with Gasteiger partial charge in [0, 0.05) is 22.9 Å². The first-order valence-electron chi connectivity index (χ1n) is 8.47. The highest BCUT2D eigenvalue weighted by Gasteiger charge is 2.21. The Morgan fingerprint density at radius 1 is 1.23 bits per heavy atom. The molecule has 0 fully saturated rings. The molecular weight excluding hydrogens is 350 g/mol. The summed E-state index contributed by atoms with van der Waals surface area (Å²) >= 11 is 1.81. The predicted molar refractivity (Wildman–Crippen MR) is 99.8 cm³/mol. The quantitative estimate of drug-likeness (QED) is 0.468. The van der Waals surface area contributed by atoms with Gasteiger partial charge in [0.15, 0.2) is 0 Å². The van der Waals surface area contributed by atoms with Gasteiger partial charge < -0.3 is 4.52 Å². The molecule has 1 heterocycles. The van der Waals surface area contributed by atoms with E-state index < -0.39 is 4.92 Å². The number of nitrogens with zero attached hydrogens (tertiary/aromatic N) is 3. The molecule has 1 unspecified atom stereocenters. The third-order valence-corrected chi connectivity index (χ3v) is 5.81. The normalized spacial score (nSPS) is 16.2. The second kappa shape index (κ2) is 7.29. The van der Waals surface area contributed by atoms with E-state index in [4.69, 9.17) is 4.52 Å². The predicted octanol–water partition coefficient (Wildman–Crippen LogP) is 4.96. The number of non-ortho nitro benzene ring substituents is 1. The van der Waals surface area contributed by atoms with Gasteiger partial charge in [0.2, 0.25) is 11.7 Å². The van der Waals surface area contributed by atoms with Crippen LogP contribution in [0.2, 0.25) is 0 Å². The van der Waals surface area contributed by atoms with Gasteiger partial charge in [-0.15, -0.1) is 11.8 Å². The van der Waals surface area contributed by atoms with Gasteiger partial charge in [-0.3, -0.25) is 10.1 Å². The van der Waals surface area contributed by atoms with E-state index in [2.05, 4.69) is 34.4 Å². The van der Waals surface area contributed by atoms with Crippen molar-refractivity contribution in [1.82, 2.24) is 10.1 Å². The third-order valence-electron chi connectivity index (χ3n) is 4.51. The molecule has 0 amide bonds. The largest absolute Gasteiger partial charge is 0.338 e. The van der Waals surface area contributed by atoms with Crippen LogP contribution >= 0.6 is 11.8 Å². The van der Waals surface area contributed by atoms with E-state index >= 15 is 0 Å². The van der Waals surface area contributed by atoms with Crippen molar-refractivity contribution in [3.05, 3.63) is 75.7 Å². The number of fused-ring (bicyclic) bond motifs is 1. The first-order valence-corrected chi connectivity index (χ1v) is 9.52. The van der Waals surface area contributed by atoms with E-state index in [1.807, 2.05) is 0 Å². The fourth-order valence-electron chi connectivity index (χ4n) is 3.24. The highest BCUT2D eigenvalue weighted by atomic mass is 32.2. The molecule has 1 atom stereocenters. The fraction of sp³-hybridized carbons (Fsp3) is 0.263. The van der Waals surface area contributed by atoms with Crippen molar-refractivity contribution in [3.8, 4) is 11.4 Å². The number of rotatable bonds is 5. The summed E-state index contributed by atoms with van der Waals surface area (Å²) in [5, 5.41) is 15.3. The average molecular weight is 367 g/mol. The SMILES string of the molecule is O=[N+]([O-])c1cccc(-c2noc(CSC3CCCc4ccccc43)n2)c1. The summed E-state index contributed by atoms with van der Waals surface area (Å²) in [6.07, 6.45) is 3.48. The molecule has 6 nitrogen and oxygen atoms in total. The zero-order valence-electron chi connectivity index (χ0n) is 14.0. The summed E-state index contributed by atoms with van der Waals surface area (Å²) in [5.41, 5.74) is 3.44. The molecule has 0 bridgehead atoms. The molecule has 0 saturated heterocycles. The topological polar surface area (TPSA) is 82.1 Å². The molecule has 1 aliphatic carbocycles. The van der Waals surface area contributed by atoms with Crippen molar-refractivity contribution in [2.45, 2.75) is 30.3 Å². The summed E-state index contributed by atoms with van der Waals surface area (Å²) in [5.74, 6) is 1.55. The highest BCUT2D eigenvalue weighted by molar-refractivity contribution is 7.98. The van der Waals surface area contributed by atoms with Gasteiger partial charge in [0.1, 0.15) is 0 Å². The Bertz CT molecular complexity index is 941. The molecule has 132 valence electrons. The molecule has 0 N–H and O–H groups in total. The molecule has 3 aromatic rings. The van der Waals surface area contributed by atoms with Crippen LogP contribution in [0.4, 0.5) is 5.69 Å². The number of benzene rings is 2. The third kappa shape index (κ3) is 3.48. The molecule has 0 radical (unpaired) electrons. The van der Waals surface area contributed by atoms with Gasteiger partial charge in [-0.25, -0.2) is 0 Å². The summed E-state index contributed by atoms with van der Waals surface area (Å²) in [7, 11) is 0. The average Bonchev–Trinajstić information content (AvgIpc) is 3.15. The lowest BCUT2D eigenvalue weighted by Crippen LogP contribution is -2.07. The smallest absolute Gasteiger partial charge is 0.270 e. The highest BCUT2D eigenvalue weighted by Crippen LogP contribution is 2.40. The number of thioether (sulfide) groups is 1. The van der Waals surface area contributed by atoms with E-state index in [9.17, 15) is 10.1 Å². The minimum atomic E-state index is -0.430. The molecule has 7 heteroatoms. The van der Waals surface area contributed by atoms with Crippen LogP contribution in [-0.4, -0.2) is 15.1 Å². The summed E-state index contributed by atoms with van der Waals surface area (Å²) < 4.78 is 5.35. The van der Waals surface area contributed by atoms with E-state index in [0.29, 0.717) is 28.3 Å². The van der Waals surface area contributed by atoms with Crippen molar-refractivity contribution in [2.24, 2.45) is 0 Å². The Morgan fingerprint density at radius 2 is 2.12 bits per heavy atom. The van der Waals surface area contributed by atoms with Crippen molar-refractivity contribution in [2.75, 3.05) is 0 Å². The van der Waals surface area contributed by atoms with Crippen LogP contribution in [0.15, 0.2) is 53.1 Å². The van der Waals surface area contributed by atoms with Crippen LogP contribution in [0.25, 0.3) is 11.4 Å². The summed E-state index contributed by atoms with van der Waals surface area (Å²) in [6, 6.07) is 14.9. The van der Waals surface area contributed by atoms with Gasteiger partial charge in [-0.05, 0) is 30.4 Å². The zero-order valence-corrected chi connectivity index (χ0v) is 14.8. The maximum atomic E-state index is 10.9. The molecule has 1 aromatic heterocycles. The number of aromatic nitrogens is 2. The monoisotopic (exact) mass is 367 g/mol. The molecule has 26 heavy (non-hydrogen) atoms. The van der Waals surface area contributed by atoms with E-state index in [1.165, 1.54) is 29.7 Å². The van der Waals surface area contributed by atoms with Gasteiger partial charge in [0.05, 0.1) is 10.7 Å². The van der Waals surface area contributed by atoms with Crippen LogP contribution < -0.4 is 0 Å². The lowest BCUT2D eigenvalue weighted by molar-refractivity contribution is -0.384. The van der Waals surface area contributed by atoms with Crippen LogP contribution in [0.3, 0.4) is 0 Å².